The van der Waals surface area contributed by atoms with Gasteiger partial charge in [0.25, 0.3) is 0 Å². The lowest BCUT2D eigenvalue weighted by molar-refractivity contribution is -0.142. The van der Waals surface area contributed by atoms with Crippen molar-refractivity contribution >= 4 is 12.0 Å². The summed E-state index contributed by atoms with van der Waals surface area (Å²) in [5.74, 6) is 1.47. The minimum absolute atomic E-state index is 0.278. The average Bonchev–Trinajstić information content (AvgIpc) is 2.50. The van der Waals surface area contributed by atoms with Gasteiger partial charge in [-0.25, -0.2) is 9.59 Å². The second-order valence-electron chi connectivity index (χ2n) is 5.03. The highest BCUT2D eigenvalue weighted by atomic mass is 16.4. The van der Waals surface area contributed by atoms with E-state index in [1.807, 2.05) is 31.2 Å². The largest absolute Gasteiger partial charge is 0.480 e. The van der Waals surface area contributed by atoms with Crippen LogP contribution in [-0.4, -0.2) is 34.1 Å². The van der Waals surface area contributed by atoms with Gasteiger partial charge in [-0.3, -0.25) is 0 Å². The molecule has 1 unspecified atom stereocenters. The topological polar surface area (TPSA) is 69.6 Å². The van der Waals surface area contributed by atoms with Crippen LogP contribution in [0.25, 0.3) is 0 Å². The molecule has 5 heteroatoms. The summed E-state index contributed by atoms with van der Waals surface area (Å²) in [6.45, 7) is 2.14. The molecule has 0 spiro atoms. The van der Waals surface area contributed by atoms with Crippen LogP contribution in [0.5, 0.6) is 0 Å². The zero-order chi connectivity index (χ0) is 15.4. The first-order chi connectivity index (χ1) is 10.1. The summed E-state index contributed by atoms with van der Waals surface area (Å²) < 4.78 is 0. The number of amides is 2. The number of urea groups is 1. The number of carboxylic acids is 1. The molecule has 1 aromatic rings. The van der Waals surface area contributed by atoms with Crippen LogP contribution in [-0.2, 0) is 17.8 Å². The SMILES string of the molecule is C#CC(CC)NC(=O)N1Cc2ccccc2C[C@@H]1C(=O)O. The average molecular weight is 286 g/mol. The molecular weight excluding hydrogens is 268 g/mol. The van der Waals surface area contributed by atoms with E-state index in [-0.39, 0.29) is 12.6 Å². The van der Waals surface area contributed by atoms with Gasteiger partial charge >= 0.3 is 12.0 Å². The molecule has 2 N–H and O–H groups in total. The molecule has 1 aliphatic heterocycles. The van der Waals surface area contributed by atoms with E-state index in [0.29, 0.717) is 12.8 Å². The van der Waals surface area contributed by atoms with E-state index in [1.165, 1.54) is 4.90 Å². The molecule has 0 bridgehead atoms. The summed E-state index contributed by atoms with van der Waals surface area (Å²) in [6, 6.07) is 5.88. The van der Waals surface area contributed by atoms with Gasteiger partial charge in [-0.2, -0.15) is 0 Å². The van der Waals surface area contributed by atoms with Gasteiger partial charge in [0.2, 0.25) is 0 Å². The molecule has 2 rings (SSSR count). The van der Waals surface area contributed by atoms with E-state index in [9.17, 15) is 14.7 Å². The number of terminal acetylenes is 1. The van der Waals surface area contributed by atoms with Gasteiger partial charge in [-0.15, -0.1) is 6.42 Å². The molecule has 2 atom stereocenters. The van der Waals surface area contributed by atoms with E-state index in [4.69, 9.17) is 6.42 Å². The Morgan fingerprint density at radius 1 is 1.48 bits per heavy atom. The molecule has 21 heavy (non-hydrogen) atoms. The van der Waals surface area contributed by atoms with E-state index >= 15 is 0 Å². The van der Waals surface area contributed by atoms with Gasteiger partial charge < -0.3 is 15.3 Å². The molecule has 1 aromatic carbocycles. The first-order valence-corrected chi connectivity index (χ1v) is 6.89. The molecular formula is C16H18N2O3. The lowest BCUT2D eigenvalue weighted by Gasteiger charge is -2.35. The second-order valence-corrected chi connectivity index (χ2v) is 5.03. The molecule has 0 aliphatic carbocycles. The standard InChI is InChI=1S/C16H18N2O3/c1-3-13(4-2)17-16(21)18-10-12-8-6-5-7-11(12)9-14(18)15(19)20/h1,5-8,13-14H,4,9-10H2,2H3,(H,17,21)(H,19,20)/t13?,14-/m1/s1. The van der Waals surface area contributed by atoms with Gasteiger partial charge in [-0.05, 0) is 17.5 Å². The lowest BCUT2D eigenvalue weighted by atomic mass is 9.94. The first-order valence-electron chi connectivity index (χ1n) is 6.89. The van der Waals surface area contributed by atoms with Crippen molar-refractivity contribution in [3.05, 3.63) is 35.4 Å². The van der Waals surface area contributed by atoms with Crippen molar-refractivity contribution in [3.63, 3.8) is 0 Å². The Morgan fingerprint density at radius 2 is 2.14 bits per heavy atom. The smallest absolute Gasteiger partial charge is 0.326 e. The van der Waals surface area contributed by atoms with Crippen LogP contribution in [0.15, 0.2) is 24.3 Å². The lowest BCUT2D eigenvalue weighted by Crippen LogP contribution is -2.53. The minimum atomic E-state index is -1.01. The van der Waals surface area contributed by atoms with Crippen molar-refractivity contribution in [2.24, 2.45) is 0 Å². The zero-order valence-electron chi connectivity index (χ0n) is 11.9. The molecule has 0 radical (unpaired) electrons. The molecule has 0 fully saturated rings. The molecule has 1 aliphatic rings. The number of carbonyl (C=O) groups excluding carboxylic acids is 1. The zero-order valence-corrected chi connectivity index (χ0v) is 11.9. The maximum atomic E-state index is 12.3. The number of hydrogen-bond donors (Lipinski definition) is 2. The van der Waals surface area contributed by atoms with E-state index in [0.717, 1.165) is 11.1 Å². The van der Waals surface area contributed by atoms with Crippen LogP contribution in [0.2, 0.25) is 0 Å². The Hall–Kier alpha value is -2.48. The Bertz CT molecular complexity index is 591. The summed E-state index contributed by atoms with van der Waals surface area (Å²) in [4.78, 5) is 25.1. The Morgan fingerprint density at radius 3 is 2.71 bits per heavy atom. The van der Waals surface area contributed by atoms with Crippen LogP contribution in [0.4, 0.5) is 4.79 Å². The summed E-state index contributed by atoms with van der Waals surface area (Å²) in [7, 11) is 0. The predicted octanol–water partition coefficient (Wildman–Crippen LogP) is 1.62. The molecule has 0 saturated heterocycles. The van der Waals surface area contributed by atoms with E-state index in [2.05, 4.69) is 11.2 Å². The molecule has 1 heterocycles. The third-order valence-electron chi connectivity index (χ3n) is 3.70. The summed E-state index contributed by atoms with van der Waals surface area (Å²) in [5.41, 5.74) is 1.94. The second kappa shape index (κ2) is 6.31. The fourth-order valence-corrected chi connectivity index (χ4v) is 2.45. The third-order valence-corrected chi connectivity index (χ3v) is 3.70. The molecule has 110 valence electrons. The van der Waals surface area contributed by atoms with Gasteiger partial charge in [0, 0.05) is 13.0 Å². The van der Waals surface area contributed by atoms with Crippen molar-refractivity contribution in [1.82, 2.24) is 10.2 Å². The van der Waals surface area contributed by atoms with Crippen LogP contribution < -0.4 is 5.32 Å². The number of nitrogens with one attached hydrogen (secondary N) is 1. The predicted molar refractivity (Wildman–Crippen MR) is 78.6 cm³/mol. The Balaban J connectivity index is 2.23. The van der Waals surface area contributed by atoms with Gasteiger partial charge in [0.15, 0.2) is 0 Å². The Labute approximate surface area is 124 Å². The normalized spacial score (nSPS) is 18.3. The van der Waals surface area contributed by atoms with E-state index < -0.39 is 18.0 Å². The van der Waals surface area contributed by atoms with Crippen LogP contribution >= 0.6 is 0 Å². The Kier molecular flexibility index (Phi) is 4.49. The van der Waals surface area contributed by atoms with Crippen molar-refractivity contribution in [2.75, 3.05) is 0 Å². The number of fused-ring (bicyclic) bond motifs is 1. The highest BCUT2D eigenvalue weighted by Gasteiger charge is 2.34. The summed E-state index contributed by atoms with van der Waals surface area (Å²) in [6.07, 6.45) is 6.25. The monoisotopic (exact) mass is 286 g/mol. The number of rotatable bonds is 3. The molecule has 2 amide bonds. The number of nitrogens with zero attached hydrogens (tertiary/aromatic N) is 1. The van der Waals surface area contributed by atoms with Gasteiger partial charge in [-0.1, -0.05) is 37.1 Å². The minimum Gasteiger partial charge on any atom is -0.480 e. The van der Waals surface area contributed by atoms with Crippen LogP contribution in [0.3, 0.4) is 0 Å². The molecule has 5 nitrogen and oxygen atoms in total. The van der Waals surface area contributed by atoms with Gasteiger partial charge in [0.1, 0.15) is 6.04 Å². The number of carboxylic acid groups (broad SMARTS) is 1. The van der Waals surface area contributed by atoms with Gasteiger partial charge in [0.05, 0.1) is 6.04 Å². The van der Waals surface area contributed by atoms with E-state index in [1.54, 1.807) is 0 Å². The summed E-state index contributed by atoms with van der Waals surface area (Å²) >= 11 is 0. The third kappa shape index (κ3) is 3.16. The van der Waals surface area contributed by atoms with Crippen LogP contribution in [0, 0.1) is 12.3 Å². The molecule has 0 saturated carbocycles. The number of benzene rings is 1. The maximum Gasteiger partial charge on any atom is 0.326 e. The van der Waals surface area contributed by atoms with Crippen molar-refractivity contribution in [3.8, 4) is 12.3 Å². The number of aliphatic carboxylic acids is 1. The first kappa shape index (κ1) is 14.9. The molecule has 0 aromatic heterocycles. The fraction of sp³-hybridized carbons (Fsp3) is 0.375. The van der Waals surface area contributed by atoms with Crippen LogP contribution in [0.1, 0.15) is 24.5 Å². The number of carbonyl (C=O) groups is 2. The summed E-state index contributed by atoms with van der Waals surface area (Å²) in [5, 5.41) is 12.1. The highest BCUT2D eigenvalue weighted by molar-refractivity contribution is 5.84. The number of hydrogen-bond acceptors (Lipinski definition) is 2. The maximum absolute atomic E-state index is 12.3. The van der Waals surface area contributed by atoms with Crippen molar-refractivity contribution in [1.29, 1.82) is 0 Å². The highest BCUT2D eigenvalue weighted by Crippen LogP contribution is 2.23. The van der Waals surface area contributed by atoms with Crippen molar-refractivity contribution in [2.45, 2.75) is 38.4 Å². The van der Waals surface area contributed by atoms with Crippen molar-refractivity contribution < 1.29 is 14.7 Å². The fourth-order valence-electron chi connectivity index (χ4n) is 2.45. The quantitative estimate of drug-likeness (QED) is 0.830.